The number of hydrogen-bond donors (Lipinski definition) is 1. The molecular formula is C15H10BrClF2N2. The SMILES string of the molecule is Fc1cccc(F)c1C1=NCCNc2ccc(Cl)c(Br)c21. The number of rotatable bonds is 1. The summed E-state index contributed by atoms with van der Waals surface area (Å²) in [6.07, 6.45) is 0. The molecule has 0 radical (unpaired) electrons. The number of halogens is 4. The maximum atomic E-state index is 14.1. The Labute approximate surface area is 134 Å². The zero-order chi connectivity index (χ0) is 15.0. The van der Waals surface area contributed by atoms with Gasteiger partial charge < -0.3 is 5.32 Å². The standard InChI is InChI=1S/C15H10BrClF2N2/c16-14-8(17)4-5-11-13(14)15(21-7-6-20-11)12-9(18)2-1-3-10(12)19/h1-5,20H,6-7H2. The molecule has 108 valence electrons. The van der Waals surface area contributed by atoms with Gasteiger partial charge in [0, 0.05) is 22.3 Å². The van der Waals surface area contributed by atoms with Gasteiger partial charge in [0.25, 0.3) is 0 Å². The van der Waals surface area contributed by atoms with Gasteiger partial charge in [-0.3, -0.25) is 4.99 Å². The Balaban J connectivity index is 2.31. The fraction of sp³-hybridized carbons (Fsp3) is 0.133. The van der Waals surface area contributed by atoms with Crippen molar-refractivity contribution in [1.29, 1.82) is 0 Å². The van der Waals surface area contributed by atoms with Crippen LogP contribution in [0.2, 0.25) is 5.02 Å². The Morgan fingerprint density at radius 1 is 1.10 bits per heavy atom. The number of aliphatic imine (C=N–C) groups is 1. The number of nitrogens with one attached hydrogen (secondary N) is 1. The van der Waals surface area contributed by atoms with Crippen molar-refractivity contribution in [1.82, 2.24) is 0 Å². The van der Waals surface area contributed by atoms with Gasteiger partial charge >= 0.3 is 0 Å². The van der Waals surface area contributed by atoms with E-state index in [1.165, 1.54) is 18.2 Å². The number of nitrogens with zero attached hydrogens (tertiary/aromatic N) is 1. The van der Waals surface area contributed by atoms with E-state index in [1.807, 2.05) is 0 Å². The maximum Gasteiger partial charge on any atom is 0.135 e. The van der Waals surface area contributed by atoms with E-state index in [1.54, 1.807) is 12.1 Å². The second-order valence-corrected chi connectivity index (χ2v) is 5.74. The van der Waals surface area contributed by atoms with Gasteiger partial charge in [-0.25, -0.2) is 8.78 Å². The molecule has 3 rings (SSSR count). The first-order valence-corrected chi connectivity index (χ1v) is 7.47. The highest BCUT2D eigenvalue weighted by atomic mass is 79.9. The predicted molar refractivity (Wildman–Crippen MR) is 84.5 cm³/mol. The van der Waals surface area contributed by atoms with Gasteiger partial charge in [-0.1, -0.05) is 17.7 Å². The van der Waals surface area contributed by atoms with Gasteiger partial charge in [0.2, 0.25) is 0 Å². The quantitative estimate of drug-likeness (QED) is 0.776. The molecule has 0 atom stereocenters. The molecule has 21 heavy (non-hydrogen) atoms. The van der Waals surface area contributed by atoms with E-state index in [9.17, 15) is 8.78 Å². The van der Waals surface area contributed by atoms with Crippen molar-refractivity contribution < 1.29 is 8.78 Å². The van der Waals surface area contributed by atoms with Crippen LogP contribution in [0.4, 0.5) is 14.5 Å². The zero-order valence-corrected chi connectivity index (χ0v) is 13.1. The average molecular weight is 372 g/mol. The summed E-state index contributed by atoms with van der Waals surface area (Å²) in [5, 5.41) is 3.64. The van der Waals surface area contributed by atoms with Crippen LogP contribution in [0.1, 0.15) is 11.1 Å². The van der Waals surface area contributed by atoms with Crippen molar-refractivity contribution >= 4 is 38.9 Å². The molecule has 2 aromatic carbocycles. The molecule has 0 saturated carbocycles. The number of fused-ring (bicyclic) bond motifs is 1. The van der Waals surface area contributed by atoms with Gasteiger partial charge in [0.15, 0.2) is 0 Å². The Morgan fingerprint density at radius 3 is 2.52 bits per heavy atom. The van der Waals surface area contributed by atoms with Crippen molar-refractivity contribution in [2.75, 3.05) is 18.4 Å². The Bertz CT molecular complexity index is 726. The van der Waals surface area contributed by atoms with Crippen molar-refractivity contribution in [3.8, 4) is 0 Å². The molecule has 0 spiro atoms. The van der Waals surface area contributed by atoms with E-state index in [0.29, 0.717) is 28.1 Å². The molecule has 6 heteroatoms. The van der Waals surface area contributed by atoms with Crippen molar-refractivity contribution in [3.63, 3.8) is 0 Å². The van der Waals surface area contributed by atoms with E-state index in [-0.39, 0.29) is 11.3 Å². The second-order valence-electron chi connectivity index (χ2n) is 4.54. The first kappa shape index (κ1) is 14.5. The van der Waals surface area contributed by atoms with Gasteiger partial charge in [0.1, 0.15) is 11.6 Å². The van der Waals surface area contributed by atoms with Gasteiger partial charge in [-0.15, -0.1) is 0 Å². The molecule has 0 saturated heterocycles. The molecule has 0 fully saturated rings. The zero-order valence-electron chi connectivity index (χ0n) is 10.8. The number of benzene rings is 2. The topological polar surface area (TPSA) is 24.4 Å². The lowest BCUT2D eigenvalue weighted by molar-refractivity contribution is 0.579. The molecule has 1 aliphatic heterocycles. The van der Waals surface area contributed by atoms with Crippen LogP contribution in [0, 0.1) is 11.6 Å². The molecule has 0 aliphatic carbocycles. The largest absolute Gasteiger partial charge is 0.383 e. The van der Waals surface area contributed by atoms with Crippen LogP contribution in [0.3, 0.4) is 0 Å². The smallest absolute Gasteiger partial charge is 0.135 e. The fourth-order valence-corrected chi connectivity index (χ4v) is 2.99. The van der Waals surface area contributed by atoms with E-state index in [2.05, 4.69) is 26.2 Å². The summed E-state index contributed by atoms with van der Waals surface area (Å²) in [4.78, 5) is 4.34. The van der Waals surface area contributed by atoms with E-state index < -0.39 is 11.6 Å². The van der Waals surface area contributed by atoms with Crippen LogP contribution in [0.25, 0.3) is 0 Å². The molecule has 2 nitrogen and oxygen atoms in total. The minimum absolute atomic E-state index is 0.134. The lowest BCUT2D eigenvalue weighted by Gasteiger charge is -2.14. The fourth-order valence-electron chi connectivity index (χ4n) is 2.29. The summed E-state index contributed by atoms with van der Waals surface area (Å²) >= 11 is 9.50. The van der Waals surface area contributed by atoms with Crippen LogP contribution >= 0.6 is 27.5 Å². The molecule has 1 aliphatic rings. The van der Waals surface area contributed by atoms with Crippen LogP contribution in [-0.2, 0) is 0 Å². The van der Waals surface area contributed by atoms with Crippen molar-refractivity contribution in [2.45, 2.75) is 0 Å². The third-order valence-electron chi connectivity index (χ3n) is 3.23. The lowest BCUT2D eigenvalue weighted by atomic mass is 9.99. The minimum atomic E-state index is -0.645. The summed E-state index contributed by atoms with van der Waals surface area (Å²) in [7, 11) is 0. The second kappa shape index (κ2) is 5.73. The van der Waals surface area contributed by atoms with E-state index in [0.717, 1.165) is 5.69 Å². The van der Waals surface area contributed by atoms with Crippen LogP contribution in [0.5, 0.6) is 0 Å². The molecule has 0 amide bonds. The third kappa shape index (κ3) is 2.56. The molecule has 0 bridgehead atoms. The van der Waals surface area contributed by atoms with E-state index >= 15 is 0 Å². The van der Waals surface area contributed by atoms with Gasteiger partial charge in [0.05, 0.1) is 22.8 Å². The van der Waals surface area contributed by atoms with Gasteiger partial charge in [-0.05, 0) is 40.2 Å². The first-order chi connectivity index (χ1) is 10.1. The first-order valence-electron chi connectivity index (χ1n) is 6.30. The molecule has 0 unspecified atom stereocenters. The third-order valence-corrected chi connectivity index (χ3v) is 4.60. The average Bonchev–Trinajstić information content (AvgIpc) is 2.66. The predicted octanol–water partition coefficient (Wildman–Crippen LogP) is 4.64. The highest BCUT2D eigenvalue weighted by molar-refractivity contribution is 9.10. The van der Waals surface area contributed by atoms with Crippen LogP contribution in [0.15, 0.2) is 39.8 Å². The van der Waals surface area contributed by atoms with Crippen LogP contribution in [-0.4, -0.2) is 18.8 Å². The number of anilines is 1. The summed E-state index contributed by atoms with van der Waals surface area (Å²) in [5.74, 6) is -1.29. The Morgan fingerprint density at radius 2 is 1.81 bits per heavy atom. The number of benzodiazepines with no additional fused rings is 1. The van der Waals surface area contributed by atoms with Crippen molar-refractivity contribution in [3.05, 3.63) is 62.6 Å². The Hall–Kier alpha value is -1.46. The minimum Gasteiger partial charge on any atom is -0.383 e. The molecular weight excluding hydrogens is 362 g/mol. The highest BCUT2D eigenvalue weighted by Gasteiger charge is 2.24. The van der Waals surface area contributed by atoms with E-state index in [4.69, 9.17) is 11.6 Å². The lowest BCUT2D eigenvalue weighted by Crippen LogP contribution is -2.11. The van der Waals surface area contributed by atoms with Crippen molar-refractivity contribution in [2.24, 2.45) is 4.99 Å². The monoisotopic (exact) mass is 370 g/mol. The molecule has 1 N–H and O–H groups in total. The Kier molecular flexibility index (Phi) is 3.95. The number of hydrogen-bond acceptors (Lipinski definition) is 2. The highest BCUT2D eigenvalue weighted by Crippen LogP contribution is 2.35. The molecule has 2 aromatic rings. The summed E-state index contributed by atoms with van der Waals surface area (Å²) in [5.41, 5.74) is 1.44. The summed E-state index contributed by atoms with van der Waals surface area (Å²) < 4.78 is 28.8. The summed E-state index contributed by atoms with van der Waals surface area (Å²) in [6.45, 7) is 1.00. The summed E-state index contributed by atoms with van der Waals surface area (Å²) in [6, 6.07) is 7.27. The maximum absolute atomic E-state index is 14.1. The molecule has 1 heterocycles. The normalized spacial score (nSPS) is 14.0. The van der Waals surface area contributed by atoms with Crippen LogP contribution < -0.4 is 5.32 Å². The molecule has 0 aromatic heterocycles. The van der Waals surface area contributed by atoms with Gasteiger partial charge in [-0.2, -0.15) is 0 Å².